The highest BCUT2D eigenvalue weighted by Crippen LogP contribution is 2.73. The van der Waals surface area contributed by atoms with Crippen LogP contribution < -0.4 is 0 Å². The number of rotatable bonds is 4. The lowest BCUT2D eigenvalue weighted by Gasteiger charge is -2.69. The molecule has 1 aliphatic heterocycles. The van der Waals surface area contributed by atoms with Crippen LogP contribution in [0.5, 0.6) is 0 Å². The summed E-state index contributed by atoms with van der Waals surface area (Å²) < 4.78 is 23.0. The quantitative estimate of drug-likeness (QED) is 0.305. The maximum absolute atomic E-state index is 13.0. The Morgan fingerprint density at radius 1 is 1.08 bits per heavy atom. The second kappa shape index (κ2) is 8.22. The molecule has 0 aromatic carbocycles. The van der Waals surface area contributed by atoms with Crippen molar-refractivity contribution in [3.05, 3.63) is 35.8 Å². The second-order valence-electron chi connectivity index (χ2n) is 12.7. The predicted molar refractivity (Wildman–Crippen MR) is 130 cm³/mol. The zero-order valence-corrected chi connectivity index (χ0v) is 22.2. The van der Waals surface area contributed by atoms with Crippen LogP contribution in [-0.2, 0) is 28.6 Å². The minimum absolute atomic E-state index is 0.0771. The lowest BCUT2D eigenvalue weighted by Crippen LogP contribution is -2.66. The van der Waals surface area contributed by atoms with E-state index in [2.05, 4.69) is 34.6 Å². The Bertz CT molecular complexity index is 1090. The summed E-state index contributed by atoms with van der Waals surface area (Å²) in [7, 11) is 0. The number of furan rings is 1. The van der Waals surface area contributed by atoms with Crippen LogP contribution in [0.15, 0.2) is 34.7 Å². The average molecular weight is 499 g/mol. The molecule has 5 rings (SSSR count). The van der Waals surface area contributed by atoms with Crippen molar-refractivity contribution in [2.24, 2.45) is 33.5 Å². The fraction of sp³-hybridized carbons (Fsp3) is 0.690. The molecule has 0 saturated heterocycles. The highest BCUT2D eigenvalue weighted by molar-refractivity contribution is 5.85. The zero-order valence-electron chi connectivity index (χ0n) is 22.2. The molecule has 0 bridgehead atoms. The number of carbonyl (C=O) groups excluding carboxylic acids is 3. The smallest absolute Gasteiger partial charge is 0.331 e. The molecule has 2 heterocycles. The van der Waals surface area contributed by atoms with Crippen LogP contribution in [-0.4, -0.2) is 30.6 Å². The van der Waals surface area contributed by atoms with Crippen LogP contribution in [0.2, 0.25) is 0 Å². The van der Waals surface area contributed by atoms with E-state index in [1.54, 1.807) is 18.6 Å². The van der Waals surface area contributed by atoms with Crippen LogP contribution in [0.3, 0.4) is 0 Å². The molecular weight excluding hydrogens is 460 g/mol. The predicted octanol–water partition coefficient (Wildman–Crippen LogP) is 5.55. The minimum atomic E-state index is -0.542. The van der Waals surface area contributed by atoms with Gasteiger partial charge >= 0.3 is 11.9 Å². The van der Waals surface area contributed by atoms with Crippen molar-refractivity contribution in [2.75, 3.05) is 0 Å². The summed E-state index contributed by atoms with van der Waals surface area (Å²) in [6.45, 7) is 13.1. The van der Waals surface area contributed by atoms with Gasteiger partial charge in [-0.1, -0.05) is 34.6 Å². The number of hydrogen-bond donors (Lipinski definition) is 0. The maximum atomic E-state index is 13.0. The average Bonchev–Trinajstić information content (AvgIpc) is 3.32. The third-order valence-electron chi connectivity index (χ3n) is 10.7. The van der Waals surface area contributed by atoms with Crippen molar-refractivity contribution in [3.8, 4) is 0 Å². The fourth-order valence-electron chi connectivity index (χ4n) is 9.14. The normalized spacial score (nSPS) is 43.1. The molecule has 0 radical (unpaired) electrons. The first-order chi connectivity index (χ1) is 16.9. The topological polar surface area (TPSA) is 92.0 Å². The van der Waals surface area contributed by atoms with Crippen molar-refractivity contribution in [1.82, 2.24) is 0 Å². The summed E-state index contributed by atoms with van der Waals surface area (Å²) in [5.74, 6) is -0.334. The molecule has 0 N–H and O–H groups in total. The minimum Gasteiger partial charge on any atom is -0.472 e. The number of hydrogen-bond acceptors (Lipinski definition) is 7. The van der Waals surface area contributed by atoms with Crippen LogP contribution in [0, 0.1) is 33.5 Å². The molecule has 3 aliphatic carbocycles. The van der Waals surface area contributed by atoms with Gasteiger partial charge in [0.25, 0.3) is 6.47 Å². The first kappa shape index (κ1) is 25.1. The van der Waals surface area contributed by atoms with Gasteiger partial charge in [-0.2, -0.15) is 0 Å². The summed E-state index contributed by atoms with van der Waals surface area (Å²) in [6.07, 6.45) is 7.98. The summed E-state index contributed by atoms with van der Waals surface area (Å²) in [4.78, 5) is 36.7. The lowest BCUT2D eigenvalue weighted by molar-refractivity contribution is -0.229. The van der Waals surface area contributed by atoms with Gasteiger partial charge in [0.05, 0.1) is 12.5 Å². The van der Waals surface area contributed by atoms with E-state index in [1.165, 1.54) is 6.92 Å². The Morgan fingerprint density at radius 3 is 2.47 bits per heavy atom. The van der Waals surface area contributed by atoms with Gasteiger partial charge in [-0.3, -0.25) is 9.59 Å². The third kappa shape index (κ3) is 3.33. The Balaban J connectivity index is 1.65. The van der Waals surface area contributed by atoms with E-state index in [0.29, 0.717) is 12.9 Å². The molecule has 4 aliphatic rings. The van der Waals surface area contributed by atoms with E-state index in [1.807, 2.05) is 6.07 Å². The number of ether oxygens (including phenoxy) is 3. The van der Waals surface area contributed by atoms with Crippen molar-refractivity contribution in [1.29, 1.82) is 0 Å². The third-order valence-corrected chi connectivity index (χ3v) is 10.7. The summed E-state index contributed by atoms with van der Waals surface area (Å²) >= 11 is 0. The van der Waals surface area contributed by atoms with E-state index in [9.17, 15) is 14.4 Å². The van der Waals surface area contributed by atoms with Crippen LogP contribution >= 0.6 is 0 Å². The van der Waals surface area contributed by atoms with E-state index in [0.717, 1.165) is 36.8 Å². The number of fused-ring (bicyclic) bond motifs is 5. The number of cyclic esters (lactones) is 1. The van der Waals surface area contributed by atoms with Crippen molar-refractivity contribution in [2.45, 2.75) is 92.0 Å². The lowest BCUT2D eigenvalue weighted by atomic mass is 9.36. The van der Waals surface area contributed by atoms with Gasteiger partial charge in [0.15, 0.2) is 0 Å². The van der Waals surface area contributed by atoms with Crippen molar-refractivity contribution in [3.63, 3.8) is 0 Å². The highest BCUT2D eigenvalue weighted by Gasteiger charge is 2.69. The SMILES string of the molecule is CC(=O)O[C@@H]1CC2C(C)(C)[C@H](OC=O)CC[C@]2(C)C2CC[C@]3(C)C(=CC(=O)O[C@H]3c3ccoc3)[C@@]21C. The molecule has 7 nitrogen and oxygen atoms in total. The molecule has 0 amide bonds. The highest BCUT2D eigenvalue weighted by atomic mass is 16.6. The molecule has 1 aromatic heterocycles. The van der Waals surface area contributed by atoms with Crippen LogP contribution in [0.4, 0.5) is 0 Å². The Hall–Kier alpha value is -2.57. The molecule has 0 spiro atoms. The molecule has 3 fully saturated rings. The zero-order chi connectivity index (χ0) is 26.1. The van der Waals surface area contributed by atoms with Gasteiger partial charge in [-0.15, -0.1) is 0 Å². The summed E-state index contributed by atoms with van der Waals surface area (Å²) in [6, 6.07) is 1.86. The fourth-order valence-corrected chi connectivity index (χ4v) is 9.14. The van der Waals surface area contributed by atoms with Gasteiger partial charge in [0, 0.05) is 34.8 Å². The van der Waals surface area contributed by atoms with E-state index in [4.69, 9.17) is 18.6 Å². The van der Waals surface area contributed by atoms with Gasteiger partial charge < -0.3 is 18.6 Å². The Kier molecular flexibility index (Phi) is 5.73. The van der Waals surface area contributed by atoms with Crippen molar-refractivity contribution >= 4 is 18.4 Å². The van der Waals surface area contributed by atoms with E-state index in [-0.39, 0.29) is 40.7 Å². The van der Waals surface area contributed by atoms with E-state index < -0.39 is 23.0 Å². The molecule has 1 aromatic rings. The molecule has 7 heteroatoms. The molecule has 196 valence electrons. The van der Waals surface area contributed by atoms with E-state index >= 15 is 0 Å². The van der Waals surface area contributed by atoms with Crippen LogP contribution in [0.1, 0.15) is 85.3 Å². The molecule has 3 saturated carbocycles. The molecular formula is C29H38O7. The maximum Gasteiger partial charge on any atom is 0.331 e. The number of carbonyl (C=O) groups is 3. The molecule has 36 heavy (non-hydrogen) atoms. The second-order valence-corrected chi connectivity index (χ2v) is 12.7. The molecule has 2 unspecified atom stereocenters. The largest absolute Gasteiger partial charge is 0.472 e. The summed E-state index contributed by atoms with van der Waals surface area (Å²) in [5, 5.41) is 0. The number of esters is 2. The van der Waals surface area contributed by atoms with Crippen LogP contribution in [0.25, 0.3) is 0 Å². The van der Waals surface area contributed by atoms with Gasteiger partial charge in [0.2, 0.25) is 0 Å². The summed E-state index contributed by atoms with van der Waals surface area (Å²) in [5.41, 5.74) is 0.510. The first-order valence-electron chi connectivity index (χ1n) is 13.1. The Morgan fingerprint density at radius 2 is 1.83 bits per heavy atom. The van der Waals surface area contributed by atoms with Gasteiger partial charge in [0.1, 0.15) is 18.3 Å². The van der Waals surface area contributed by atoms with Gasteiger partial charge in [-0.25, -0.2) is 4.79 Å². The van der Waals surface area contributed by atoms with Crippen molar-refractivity contribution < 1.29 is 33.0 Å². The first-order valence-corrected chi connectivity index (χ1v) is 13.1. The Labute approximate surface area is 212 Å². The standard InChI is InChI=1S/C29H38O7/c1-17(31)35-23-13-20-26(2,3)22(34-16-30)8-11-27(20,4)19-7-10-28(5)21(29(19,23)6)14-24(32)36-25(28)18-9-12-33-15-18/h9,12,14-16,19-20,22-23,25H,7-8,10-11,13H2,1-6H3/t19?,20?,22-,23-,25+,27-,28-,29-/m1/s1. The monoisotopic (exact) mass is 498 g/mol. The molecule has 8 atom stereocenters. The van der Waals surface area contributed by atoms with Gasteiger partial charge in [-0.05, 0) is 61.0 Å².